The Morgan fingerprint density at radius 2 is 1.80 bits per heavy atom. The number of epoxide rings is 1. The van der Waals surface area contributed by atoms with Crippen molar-refractivity contribution in [2.75, 3.05) is 19.9 Å². The molecule has 0 radical (unpaired) electrons. The van der Waals surface area contributed by atoms with Crippen LogP contribution in [0.1, 0.15) is 17.2 Å². The van der Waals surface area contributed by atoms with Crippen LogP contribution in [0.3, 0.4) is 0 Å². The van der Waals surface area contributed by atoms with Crippen LogP contribution in [0.4, 0.5) is 9.18 Å². The van der Waals surface area contributed by atoms with Gasteiger partial charge < -0.3 is 19.1 Å². The lowest BCUT2D eigenvalue weighted by Gasteiger charge is -2.23. The summed E-state index contributed by atoms with van der Waals surface area (Å²) in [5.41, 5.74) is 0.953. The van der Waals surface area contributed by atoms with Crippen molar-refractivity contribution in [3.05, 3.63) is 101 Å². The molecule has 1 saturated heterocycles. The number of carbonyl (C=O) groups excluding carboxylic acids is 1. The first kappa shape index (κ1) is 25.2. The van der Waals surface area contributed by atoms with Gasteiger partial charge in [-0.25, -0.2) is 9.18 Å². The Morgan fingerprint density at radius 1 is 1.09 bits per heavy atom. The summed E-state index contributed by atoms with van der Waals surface area (Å²) in [5.74, 6) is 0.0840. The minimum absolute atomic E-state index is 0. The third-order valence-corrected chi connectivity index (χ3v) is 5.99. The van der Waals surface area contributed by atoms with Crippen molar-refractivity contribution in [1.29, 1.82) is 0 Å². The molecule has 0 saturated carbocycles. The van der Waals surface area contributed by atoms with Gasteiger partial charge >= 0.3 is 6.16 Å². The van der Waals surface area contributed by atoms with E-state index in [1.54, 1.807) is 52.6 Å². The van der Waals surface area contributed by atoms with E-state index in [1.807, 2.05) is 30.3 Å². The van der Waals surface area contributed by atoms with Crippen LogP contribution in [0.2, 0.25) is 5.02 Å². The number of benzene rings is 3. The third kappa shape index (κ3) is 5.68. The van der Waals surface area contributed by atoms with Crippen LogP contribution in [-0.2, 0) is 15.1 Å². The Hall–Kier alpha value is -2.89. The van der Waals surface area contributed by atoms with Crippen LogP contribution in [0, 0.1) is 5.82 Å². The summed E-state index contributed by atoms with van der Waals surface area (Å²) in [6.45, 7) is 0.750. The standard InChI is InChI=1S/C25H21ClFN3O4.HI/c26-22-9-5-4-8-21(22)23-25(34-23,18-10-12-19(27)13-11-18)14-30-16-29(15-28-30)17-32-24(31)33-20-6-2-1-3-7-20;/h1-13,15,23H,14,16-17H2;1H. The molecule has 7 nitrogen and oxygen atoms in total. The highest BCUT2D eigenvalue weighted by Gasteiger charge is 2.60. The van der Waals surface area contributed by atoms with Crippen LogP contribution in [0.25, 0.3) is 0 Å². The number of ether oxygens (including phenoxy) is 3. The molecule has 0 aromatic heterocycles. The lowest BCUT2D eigenvalue weighted by atomic mass is 9.91. The van der Waals surface area contributed by atoms with E-state index in [2.05, 4.69) is 5.10 Å². The number of hydrogen-bond donors (Lipinski definition) is 0. The SMILES string of the molecule is I.O=C(OCN1C=NN(CC2(c3ccc(F)cc3)OC2c2ccccc2Cl)C1)Oc1ccccc1. The van der Waals surface area contributed by atoms with Crippen molar-refractivity contribution in [2.24, 2.45) is 5.10 Å². The predicted octanol–water partition coefficient (Wildman–Crippen LogP) is 5.76. The maximum atomic E-state index is 13.6. The van der Waals surface area contributed by atoms with Gasteiger partial charge in [-0.2, -0.15) is 5.10 Å². The Balaban J connectivity index is 0.00000289. The Morgan fingerprint density at radius 3 is 2.54 bits per heavy atom. The lowest BCUT2D eigenvalue weighted by Crippen LogP contribution is -2.35. The van der Waals surface area contributed by atoms with Gasteiger partial charge in [-0.3, -0.25) is 5.01 Å². The Kier molecular flexibility index (Phi) is 7.78. The largest absolute Gasteiger partial charge is 0.515 e. The average molecular weight is 610 g/mol. The van der Waals surface area contributed by atoms with Gasteiger partial charge in [0.2, 0.25) is 0 Å². The molecular weight excluding hydrogens is 588 g/mol. The quantitative estimate of drug-likeness (QED) is 0.147. The smallest absolute Gasteiger partial charge is 0.412 e. The lowest BCUT2D eigenvalue weighted by molar-refractivity contribution is 0.0540. The molecule has 2 heterocycles. The van der Waals surface area contributed by atoms with Crippen molar-refractivity contribution in [3.8, 4) is 5.75 Å². The normalized spacial score (nSPS) is 20.3. The second-order valence-electron chi connectivity index (χ2n) is 7.98. The van der Waals surface area contributed by atoms with Gasteiger partial charge in [0.25, 0.3) is 0 Å². The second kappa shape index (κ2) is 10.8. The number of carbonyl (C=O) groups is 1. The molecule has 0 spiro atoms. The number of hydrazone groups is 1. The van der Waals surface area contributed by atoms with E-state index in [1.165, 1.54) is 12.1 Å². The highest BCUT2D eigenvalue weighted by Crippen LogP contribution is 2.58. The van der Waals surface area contributed by atoms with E-state index in [0.717, 1.165) is 11.1 Å². The van der Waals surface area contributed by atoms with E-state index < -0.39 is 11.8 Å². The van der Waals surface area contributed by atoms with Crippen LogP contribution < -0.4 is 4.74 Å². The van der Waals surface area contributed by atoms with Crippen molar-refractivity contribution >= 4 is 48.1 Å². The minimum Gasteiger partial charge on any atom is -0.412 e. The van der Waals surface area contributed by atoms with E-state index >= 15 is 0 Å². The summed E-state index contributed by atoms with van der Waals surface area (Å²) in [6, 6.07) is 22.4. The van der Waals surface area contributed by atoms with Gasteiger partial charge in [-0.15, -0.1) is 24.0 Å². The van der Waals surface area contributed by atoms with Crippen LogP contribution in [-0.4, -0.2) is 42.3 Å². The van der Waals surface area contributed by atoms with E-state index in [9.17, 15) is 9.18 Å². The molecule has 2 atom stereocenters. The van der Waals surface area contributed by atoms with Crippen LogP contribution in [0.5, 0.6) is 5.75 Å². The molecular formula is C25H22ClFIN3O4. The van der Waals surface area contributed by atoms with Crippen LogP contribution >= 0.6 is 35.6 Å². The first-order valence-corrected chi connectivity index (χ1v) is 11.0. The zero-order chi connectivity index (χ0) is 23.5. The monoisotopic (exact) mass is 609 g/mol. The van der Waals surface area contributed by atoms with Crippen molar-refractivity contribution in [2.45, 2.75) is 11.7 Å². The molecule has 3 aromatic carbocycles. The van der Waals surface area contributed by atoms with Gasteiger partial charge in [-0.1, -0.05) is 60.1 Å². The molecule has 10 heteroatoms. The highest BCUT2D eigenvalue weighted by molar-refractivity contribution is 14.0. The molecule has 2 unspecified atom stereocenters. The number of rotatable bonds is 7. The predicted molar refractivity (Wildman–Crippen MR) is 139 cm³/mol. The molecule has 0 bridgehead atoms. The fourth-order valence-corrected chi connectivity index (χ4v) is 4.19. The summed E-state index contributed by atoms with van der Waals surface area (Å²) in [4.78, 5) is 13.7. The van der Waals surface area contributed by atoms with Crippen LogP contribution in [0.15, 0.2) is 84.0 Å². The second-order valence-corrected chi connectivity index (χ2v) is 8.39. The van der Waals surface area contributed by atoms with Crippen molar-refractivity contribution in [1.82, 2.24) is 9.91 Å². The number of para-hydroxylation sites is 1. The molecule has 2 aliphatic heterocycles. The molecule has 3 aromatic rings. The Bertz CT molecular complexity index is 1200. The van der Waals surface area contributed by atoms with Gasteiger partial charge in [0.15, 0.2) is 6.73 Å². The molecule has 1 fully saturated rings. The van der Waals surface area contributed by atoms with Gasteiger partial charge in [0.05, 0.1) is 6.54 Å². The number of halogens is 3. The van der Waals surface area contributed by atoms with Gasteiger partial charge in [0, 0.05) is 10.6 Å². The molecule has 0 N–H and O–H groups in total. The first-order valence-electron chi connectivity index (χ1n) is 10.6. The summed E-state index contributed by atoms with van der Waals surface area (Å²) in [5, 5.41) is 6.82. The maximum Gasteiger partial charge on any atom is 0.515 e. The summed E-state index contributed by atoms with van der Waals surface area (Å²) in [7, 11) is 0. The topological polar surface area (TPSA) is 66.9 Å². The minimum atomic E-state index is -0.801. The van der Waals surface area contributed by atoms with Crippen molar-refractivity contribution < 1.29 is 23.4 Å². The zero-order valence-corrected chi connectivity index (χ0v) is 21.5. The molecule has 0 aliphatic carbocycles. The fraction of sp³-hybridized carbons (Fsp3) is 0.200. The summed E-state index contributed by atoms with van der Waals surface area (Å²) in [6.07, 6.45) is 0.485. The maximum absolute atomic E-state index is 13.6. The zero-order valence-electron chi connectivity index (χ0n) is 18.4. The molecule has 182 valence electrons. The third-order valence-electron chi connectivity index (χ3n) is 5.65. The average Bonchev–Trinajstić information content (AvgIpc) is 3.38. The fourth-order valence-electron chi connectivity index (χ4n) is 3.96. The number of nitrogens with zero attached hydrogens (tertiary/aromatic N) is 3. The van der Waals surface area contributed by atoms with E-state index in [-0.39, 0.29) is 42.6 Å². The molecule has 5 rings (SSSR count). The number of hydrogen-bond acceptors (Lipinski definition) is 7. The summed E-state index contributed by atoms with van der Waals surface area (Å²) >= 11 is 6.42. The highest BCUT2D eigenvalue weighted by atomic mass is 127. The first-order chi connectivity index (χ1) is 16.5. The summed E-state index contributed by atoms with van der Waals surface area (Å²) < 4.78 is 30.1. The van der Waals surface area contributed by atoms with Gasteiger partial charge in [-0.05, 0) is 35.9 Å². The van der Waals surface area contributed by atoms with Crippen molar-refractivity contribution in [3.63, 3.8) is 0 Å². The van der Waals surface area contributed by atoms with Gasteiger partial charge in [0.1, 0.15) is 36.3 Å². The molecule has 2 aliphatic rings. The Labute approximate surface area is 224 Å². The van der Waals surface area contributed by atoms with E-state index in [4.69, 9.17) is 25.8 Å². The molecule has 0 amide bonds. The van der Waals surface area contributed by atoms with E-state index in [0.29, 0.717) is 24.0 Å². The molecule has 35 heavy (non-hydrogen) atoms.